The van der Waals surface area contributed by atoms with Crippen LogP contribution >= 0.6 is 11.3 Å². The highest BCUT2D eigenvalue weighted by Gasteiger charge is 2.26. The third kappa shape index (κ3) is 4.00. The van der Waals surface area contributed by atoms with Gasteiger partial charge in [0.1, 0.15) is 16.9 Å². The molecule has 164 valence electrons. The van der Waals surface area contributed by atoms with E-state index in [-0.39, 0.29) is 4.90 Å². The van der Waals surface area contributed by atoms with Crippen molar-refractivity contribution in [2.24, 2.45) is 0 Å². The second-order valence-corrected chi connectivity index (χ2v) is 10.3. The van der Waals surface area contributed by atoms with Crippen LogP contribution in [0.15, 0.2) is 65.1 Å². The molecule has 0 radical (unpaired) electrons. The maximum Gasteiger partial charge on any atom is 0.243 e. The smallest absolute Gasteiger partial charge is 0.243 e. The van der Waals surface area contributed by atoms with E-state index in [1.807, 2.05) is 0 Å². The van der Waals surface area contributed by atoms with Gasteiger partial charge in [0.15, 0.2) is 0 Å². The van der Waals surface area contributed by atoms with Gasteiger partial charge in [0, 0.05) is 24.0 Å². The first-order valence-electron chi connectivity index (χ1n) is 10.2. The lowest BCUT2D eigenvalue weighted by atomic mass is 10.0. The molecule has 0 saturated carbocycles. The molecule has 2 aromatic carbocycles. The standard InChI is InChI=1S/C23H21N3O4S2/c1-16-2-4-17(5-3-16)20-14-31-23-21(20)22(24-15-25-23)30-18-6-8-19(9-7-18)32(27,28)26-10-12-29-13-11-26/h2-9,14-15H,10-13H2,1H3. The lowest BCUT2D eigenvalue weighted by Crippen LogP contribution is -2.40. The van der Waals surface area contributed by atoms with Crippen LogP contribution in [-0.2, 0) is 14.8 Å². The Morgan fingerprint density at radius 3 is 2.44 bits per heavy atom. The fourth-order valence-electron chi connectivity index (χ4n) is 3.60. The number of hydrogen-bond donors (Lipinski definition) is 0. The van der Waals surface area contributed by atoms with Crippen LogP contribution in [0.4, 0.5) is 0 Å². The molecule has 4 aromatic rings. The summed E-state index contributed by atoms with van der Waals surface area (Å²) in [6, 6.07) is 14.7. The molecule has 0 N–H and O–H groups in total. The number of benzene rings is 2. The lowest BCUT2D eigenvalue weighted by molar-refractivity contribution is 0.0730. The molecule has 3 heterocycles. The number of sulfonamides is 1. The summed E-state index contributed by atoms with van der Waals surface area (Å²) in [5.74, 6) is 0.947. The van der Waals surface area contributed by atoms with Crippen molar-refractivity contribution in [2.45, 2.75) is 11.8 Å². The van der Waals surface area contributed by atoms with Crippen LogP contribution in [0.25, 0.3) is 21.3 Å². The maximum absolute atomic E-state index is 12.8. The number of ether oxygens (including phenoxy) is 2. The van der Waals surface area contributed by atoms with Crippen molar-refractivity contribution < 1.29 is 17.9 Å². The quantitative estimate of drug-likeness (QED) is 0.430. The van der Waals surface area contributed by atoms with E-state index >= 15 is 0 Å². The summed E-state index contributed by atoms with van der Waals surface area (Å²) in [6.45, 7) is 3.59. The zero-order chi connectivity index (χ0) is 22.1. The molecule has 0 atom stereocenters. The van der Waals surface area contributed by atoms with Gasteiger partial charge in [-0.05, 0) is 36.8 Å². The van der Waals surface area contributed by atoms with Gasteiger partial charge < -0.3 is 9.47 Å². The van der Waals surface area contributed by atoms with E-state index in [2.05, 4.69) is 46.5 Å². The van der Waals surface area contributed by atoms with Crippen LogP contribution < -0.4 is 4.74 Å². The summed E-state index contributed by atoms with van der Waals surface area (Å²) >= 11 is 1.53. The minimum atomic E-state index is -3.55. The molecule has 7 nitrogen and oxygen atoms in total. The SMILES string of the molecule is Cc1ccc(-c2csc3ncnc(Oc4ccc(S(=O)(=O)N5CCOCC5)cc4)c23)cc1. The molecule has 32 heavy (non-hydrogen) atoms. The molecule has 0 amide bonds. The van der Waals surface area contributed by atoms with E-state index in [1.165, 1.54) is 27.5 Å². The van der Waals surface area contributed by atoms with Gasteiger partial charge in [-0.25, -0.2) is 18.4 Å². The zero-order valence-electron chi connectivity index (χ0n) is 17.4. The minimum absolute atomic E-state index is 0.232. The van der Waals surface area contributed by atoms with Crippen molar-refractivity contribution in [3.8, 4) is 22.8 Å². The summed E-state index contributed by atoms with van der Waals surface area (Å²) in [6.07, 6.45) is 1.48. The Balaban J connectivity index is 1.45. The van der Waals surface area contributed by atoms with Crippen LogP contribution in [0.3, 0.4) is 0 Å². The molecule has 9 heteroatoms. The Kier molecular flexibility index (Phi) is 5.64. The van der Waals surface area contributed by atoms with Gasteiger partial charge in [0.05, 0.1) is 23.5 Å². The number of morpholine rings is 1. The summed E-state index contributed by atoms with van der Waals surface area (Å²) < 4.78 is 38.4. The Hall–Kier alpha value is -2.85. The van der Waals surface area contributed by atoms with Crippen LogP contribution in [0.1, 0.15) is 5.56 Å². The molecule has 0 spiro atoms. The van der Waals surface area contributed by atoms with E-state index < -0.39 is 10.0 Å². The second-order valence-electron chi connectivity index (χ2n) is 7.46. The average Bonchev–Trinajstić information content (AvgIpc) is 3.26. The number of aryl methyl sites for hydroxylation is 1. The predicted molar refractivity (Wildman–Crippen MR) is 124 cm³/mol. The normalized spacial score (nSPS) is 15.2. The third-order valence-corrected chi connectivity index (χ3v) is 8.14. The van der Waals surface area contributed by atoms with Crippen LogP contribution in [-0.4, -0.2) is 49.0 Å². The molecular formula is C23H21N3O4S2. The highest BCUT2D eigenvalue weighted by atomic mass is 32.2. The molecule has 1 fully saturated rings. The summed E-state index contributed by atoms with van der Waals surface area (Å²) in [5.41, 5.74) is 3.26. The topological polar surface area (TPSA) is 81.6 Å². The molecular weight excluding hydrogens is 446 g/mol. The Morgan fingerprint density at radius 2 is 1.72 bits per heavy atom. The molecule has 1 aliphatic rings. The van der Waals surface area contributed by atoms with E-state index in [9.17, 15) is 8.42 Å². The fraction of sp³-hybridized carbons (Fsp3) is 0.217. The Morgan fingerprint density at radius 1 is 1.00 bits per heavy atom. The van der Waals surface area contributed by atoms with Crippen LogP contribution in [0, 0.1) is 6.92 Å². The van der Waals surface area contributed by atoms with E-state index in [0.717, 1.165) is 21.3 Å². The Bertz CT molecular complexity index is 1340. The van der Waals surface area contributed by atoms with Crippen molar-refractivity contribution in [3.05, 3.63) is 65.8 Å². The molecule has 1 saturated heterocycles. The predicted octanol–water partition coefficient (Wildman–Crippen LogP) is 4.48. The van der Waals surface area contributed by atoms with Gasteiger partial charge in [-0.15, -0.1) is 11.3 Å². The second kappa shape index (κ2) is 8.59. The highest BCUT2D eigenvalue weighted by Crippen LogP contribution is 2.39. The van der Waals surface area contributed by atoms with E-state index in [0.29, 0.717) is 37.9 Å². The van der Waals surface area contributed by atoms with Gasteiger partial charge >= 0.3 is 0 Å². The zero-order valence-corrected chi connectivity index (χ0v) is 19.0. The third-order valence-electron chi connectivity index (χ3n) is 5.34. The number of aromatic nitrogens is 2. The number of rotatable bonds is 5. The minimum Gasteiger partial charge on any atom is -0.438 e. The maximum atomic E-state index is 12.8. The van der Waals surface area contributed by atoms with Crippen molar-refractivity contribution in [3.63, 3.8) is 0 Å². The first-order valence-corrected chi connectivity index (χ1v) is 12.5. The highest BCUT2D eigenvalue weighted by molar-refractivity contribution is 7.89. The van der Waals surface area contributed by atoms with Gasteiger partial charge in [-0.2, -0.15) is 4.31 Å². The van der Waals surface area contributed by atoms with Gasteiger partial charge in [-0.1, -0.05) is 29.8 Å². The van der Waals surface area contributed by atoms with Crippen molar-refractivity contribution >= 4 is 31.6 Å². The summed E-state index contributed by atoms with van der Waals surface area (Å²) in [4.78, 5) is 9.80. The average molecular weight is 468 g/mol. The first kappa shape index (κ1) is 21.0. The van der Waals surface area contributed by atoms with E-state index in [1.54, 1.807) is 24.3 Å². The molecule has 0 aliphatic carbocycles. The fourth-order valence-corrected chi connectivity index (χ4v) is 5.91. The van der Waals surface area contributed by atoms with Crippen LogP contribution in [0.5, 0.6) is 11.6 Å². The molecule has 0 bridgehead atoms. The summed E-state index contributed by atoms with van der Waals surface area (Å²) in [7, 11) is -3.55. The molecule has 5 rings (SSSR count). The van der Waals surface area contributed by atoms with Gasteiger partial charge in [-0.3, -0.25) is 0 Å². The molecule has 2 aromatic heterocycles. The van der Waals surface area contributed by atoms with Crippen molar-refractivity contribution in [1.82, 2.24) is 14.3 Å². The number of thiophene rings is 1. The van der Waals surface area contributed by atoms with Crippen molar-refractivity contribution in [2.75, 3.05) is 26.3 Å². The number of nitrogens with zero attached hydrogens (tertiary/aromatic N) is 3. The number of fused-ring (bicyclic) bond motifs is 1. The monoisotopic (exact) mass is 467 g/mol. The lowest BCUT2D eigenvalue weighted by Gasteiger charge is -2.26. The van der Waals surface area contributed by atoms with Crippen LogP contribution in [0.2, 0.25) is 0 Å². The van der Waals surface area contributed by atoms with Gasteiger partial charge in [0.25, 0.3) is 0 Å². The largest absolute Gasteiger partial charge is 0.438 e. The van der Waals surface area contributed by atoms with E-state index in [4.69, 9.17) is 9.47 Å². The van der Waals surface area contributed by atoms with Crippen molar-refractivity contribution in [1.29, 1.82) is 0 Å². The first-order chi connectivity index (χ1) is 15.5. The van der Waals surface area contributed by atoms with Gasteiger partial charge in [0.2, 0.25) is 15.9 Å². The molecule has 0 unspecified atom stereocenters. The Labute approximate surface area is 190 Å². The molecule has 1 aliphatic heterocycles. The summed E-state index contributed by atoms with van der Waals surface area (Å²) in [5, 5.41) is 2.89. The number of hydrogen-bond acceptors (Lipinski definition) is 7.